The average Bonchev–Trinajstić information content (AvgIpc) is 2.70. The van der Waals surface area contributed by atoms with E-state index in [-0.39, 0.29) is 17.5 Å². The highest BCUT2D eigenvalue weighted by atomic mass is 32.2. The van der Waals surface area contributed by atoms with Gasteiger partial charge in [0.2, 0.25) is 0 Å². The molecule has 0 aliphatic carbocycles. The van der Waals surface area contributed by atoms with E-state index in [2.05, 4.69) is 0 Å². The lowest BCUT2D eigenvalue weighted by Crippen LogP contribution is -2.30. The van der Waals surface area contributed by atoms with Crippen LogP contribution in [0.2, 0.25) is 0 Å². The molecule has 0 aromatic rings. The van der Waals surface area contributed by atoms with Gasteiger partial charge < -0.3 is 10.5 Å². The molecule has 1 saturated heterocycles. The molecule has 0 radical (unpaired) electrons. The van der Waals surface area contributed by atoms with Crippen molar-refractivity contribution in [2.75, 3.05) is 24.7 Å². The van der Waals surface area contributed by atoms with Gasteiger partial charge in [0, 0.05) is 18.4 Å². The van der Waals surface area contributed by atoms with E-state index in [1.54, 1.807) is 6.92 Å². The highest BCUT2D eigenvalue weighted by Gasteiger charge is 2.22. The Bertz CT molecular complexity index is 270. The van der Waals surface area contributed by atoms with Crippen LogP contribution in [0.25, 0.3) is 0 Å². The molecule has 4 nitrogen and oxygen atoms in total. The van der Waals surface area contributed by atoms with E-state index >= 15 is 0 Å². The van der Waals surface area contributed by atoms with Gasteiger partial charge in [-0.3, -0.25) is 0 Å². The van der Waals surface area contributed by atoms with Gasteiger partial charge in [-0.2, -0.15) is 0 Å². The van der Waals surface area contributed by atoms with E-state index in [1.807, 2.05) is 0 Å². The van der Waals surface area contributed by atoms with E-state index in [4.69, 9.17) is 10.5 Å². The molecule has 1 heterocycles. The Kier molecular flexibility index (Phi) is 5.02. The minimum atomic E-state index is -2.83. The Hall–Kier alpha value is -0.130. The standard InChI is InChI=1S/C10H21NO3S/c1-2-15(12,13)7-3-4-10(11)9-5-6-14-8-9/h9-10H,2-8,11H2,1H3. The summed E-state index contributed by atoms with van der Waals surface area (Å²) in [4.78, 5) is 0. The third-order valence-electron chi connectivity index (χ3n) is 3.00. The van der Waals surface area contributed by atoms with Crippen LogP contribution in [0.5, 0.6) is 0 Å². The van der Waals surface area contributed by atoms with Crippen LogP contribution in [-0.4, -0.2) is 39.2 Å². The van der Waals surface area contributed by atoms with Gasteiger partial charge in [0.1, 0.15) is 9.84 Å². The molecule has 1 rings (SSSR count). The van der Waals surface area contributed by atoms with Crippen molar-refractivity contribution >= 4 is 9.84 Å². The third-order valence-corrected chi connectivity index (χ3v) is 4.79. The van der Waals surface area contributed by atoms with Crippen LogP contribution in [0.4, 0.5) is 0 Å². The van der Waals surface area contributed by atoms with E-state index in [9.17, 15) is 8.42 Å². The maximum absolute atomic E-state index is 11.2. The lowest BCUT2D eigenvalue weighted by atomic mass is 9.96. The van der Waals surface area contributed by atoms with Crippen LogP contribution in [0.1, 0.15) is 26.2 Å². The second-order valence-corrected chi connectivity index (χ2v) is 6.64. The fourth-order valence-corrected chi connectivity index (χ4v) is 2.70. The van der Waals surface area contributed by atoms with Crippen LogP contribution < -0.4 is 5.73 Å². The van der Waals surface area contributed by atoms with Crippen molar-refractivity contribution in [2.24, 2.45) is 11.7 Å². The highest BCUT2D eigenvalue weighted by Crippen LogP contribution is 2.18. The summed E-state index contributed by atoms with van der Waals surface area (Å²) < 4.78 is 27.7. The molecule has 15 heavy (non-hydrogen) atoms. The fraction of sp³-hybridized carbons (Fsp3) is 1.00. The zero-order chi connectivity index (χ0) is 11.3. The molecule has 5 heteroatoms. The van der Waals surface area contributed by atoms with Gasteiger partial charge in [0.15, 0.2) is 0 Å². The maximum atomic E-state index is 11.2. The summed E-state index contributed by atoms with van der Waals surface area (Å²) in [6, 6.07) is 0.0968. The molecule has 1 fully saturated rings. The molecule has 0 saturated carbocycles. The molecular weight excluding hydrogens is 214 g/mol. The first kappa shape index (κ1) is 12.9. The number of rotatable bonds is 6. The van der Waals surface area contributed by atoms with Gasteiger partial charge in [-0.1, -0.05) is 6.92 Å². The van der Waals surface area contributed by atoms with Gasteiger partial charge >= 0.3 is 0 Å². The number of hydrogen-bond acceptors (Lipinski definition) is 4. The molecule has 90 valence electrons. The molecule has 0 amide bonds. The Balaban J connectivity index is 2.19. The second-order valence-electron chi connectivity index (χ2n) is 4.17. The van der Waals surface area contributed by atoms with Crippen LogP contribution >= 0.6 is 0 Å². The van der Waals surface area contributed by atoms with Gasteiger partial charge in [0.05, 0.1) is 12.4 Å². The Labute approximate surface area is 92.1 Å². The summed E-state index contributed by atoms with van der Waals surface area (Å²) in [6.45, 7) is 3.22. The maximum Gasteiger partial charge on any atom is 0.150 e. The largest absolute Gasteiger partial charge is 0.381 e. The normalized spacial score (nSPS) is 24.3. The van der Waals surface area contributed by atoms with Crippen molar-refractivity contribution in [3.63, 3.8) is 0 Å². The van der Waals surface area contributed by atoms with E-state index < -0.39 is 9.84 Å². The molecule has 0 spiro atoms. The summed E-state index contributed by atoms with van der Waals surface area (Å²) in [5.74, 6) is 0.925. The molecule has 0 aromatic heterocycles. The summed E-state index contributed by atoms with van der Waals surface area (Å²) >= 11 is 0. The minimum absolute atomic E-state index is 0.0968. The minimum Gasteiger partial charge on any atom is -0.381 e. The summed E-state index contributed by atoms with van der Waals surface area (Å²) in [5, 5.41) is 0. The van der Waals surface area contributed by atoms with Gasteiger partial charge in [-0.15, -0.1) is 0 Å². The van der Waals surface area contributed by atoms with Crippen molar-refractivity contribution in [2.45, 2.75) is 32.2 Å². The lowest BCUT2D eigenvalue weighted by Gasteiger charge is -2.16. The Morgan fingerprint density at radius 3 is 2.80 bits per heavy atom. The van der Waals surface area contributed by atoms with Gasteiger partial charge in [-0.05, 0) is 25.2 Å². The van der Waals surface area contributed by atoms with Crippen molar-refractivity contribution in [1.82, 2.24) is 0 Å². The molecule has 1 aliphatic rings. The first-order valence-corrected chi connectivity index (χ1v) is 7.41. The van der Waals surface area contributed by atoms with Crippen LogP contribution in [0, 0.1) is 5.92 Å². The zero-order valence-corrected chi connectivity index (χ0v) is 10.1. The first-order chi connectivity index (χ1) is 7.05. The number of hydrogen-bond donors (Lipinski definition) is 1. The smallest absolute Gasteiger partial charge is 0.150 e. The van der Waals surface area contributed by atoms with Crippen molar-refractivity contribution < 1.29 is 13.2 Å². The van der Waals surface area contributed by atoms with Crippen LogP contribution in [0.3, 0.4) is 0 Å². The third kappa shape index (κ3) is 4.49. The predicted molar refractivity (Wildman–Crippen MR) is 60.5 cm³/mol. The summed E-state index contributed by atoms with van der Waals surface area (Å²) in [7, 11) is -2.83. The summed E-state index contributed by atoms with van der Waals surface area (Å²) in [6.07, 6.45) is 2.47. The second kappa shape index (κ2) is 5.82. The number of sulfone groups is 1. The average molecular weight is 235 g/mol. The lowest BCUT2D eigenvalue weighted by molar-refractivity contribution is 0.179. The molecule has 2 N–H and O–H groups in total. The van der Waals surface area contributed by atoms with Crippen molar-refractivity contribution in [3.8, 4) is 0 Å². The van der Waals surface area contributed by atoms with Crippen LogP contribution in [0.15, 0.2) is 0 Å². The molecule has 2 unspecified atom stereocenters. The van der Waals surface area contributed by atoms with Crippen molar-refractivity contribution in [3.05, 3.63) is 0 Å². The number of nitrogens with two attached hydrogens (primary N) is 1. The van der Waals surface area contributed by atoms with Gasteiger partial charge in [-0.25, -0.2) is 8.42 Å². The molecule has 1 aliphatic heterocycles. The molecule has 0 bridgehead atoms. The van der Waals surface area contributed by atoms with E-state index in [0.717, 1.165) is 26.1 Å². The zero-order valence-electron chi connectivity index (χ0n) is 9.31. The quantitative estimate of drug-likeness (QED) is 0.730. The number of ether oxygens (including phenoxy) is 1. The highest BCUT2D eigenvalue weighted by molar-refractivity contribution is 7.91. The van der Waals surface area contributed by atoms with E-state index in [0.29, 0.717) is 12.3 Å². The Morgan fingerprint density at radius 2 is 2.27 bits per heavy atom. The molecule has 0 aromatic carbocycles. The molecular formula is C10H21NO3S. The monoisotopic (exact) mass is 235 g/mol. The SMILES string of the molecule is CCS(=O)(=O)CCCC(N)C1CCOC1. The van der Waals surface area contributed by atoms with Crippen LogP contribution in [-0.2, 0) is 14.6 Å². The Morgan fingerprint density at radius 1 is 1.53 bits per heavy atom. The fourth-order valence-electron chi connectivity index (χ4n) is 1.81. The van der Waals surface area contributed by atoms with E-state index in [1.165, 1.54) is 0 Å². The first-order valence-electron chi connectivity index (χ1n) is 5.59. The predicted octanol–water partition coefficient (Wildman–Crippen LogP) is 0.565. The molecule has 2 atom stereocenters. The topological polar surface area (TPSA) is 69.4 Å². The van der Waals surface area contributed by atoms with Crippen molar-refractivity contribution in [1.29, 1.82) is 0 Å². The van der Waals surface area contributed by atoms with Gasteiger partial charge in [0.25, 0.3) is 0 Å². The summed E-state index contributed by atoms with van der Waals surface area (Å²) in [5.41, 5.74) is 5.97.